The molecule has 1 aromatic rings. The van der Waals surface area contributed by atoms with Crippen LogP contribution in [0.5, 0.6) is 0 Å². The molecule has 0 radical (unpaired) electrons. The Morgan fingerprint density at radius 1 is 1.33 bits per heavy atom. The zero-order valence-corrected chi connectivity index (χ0v) is 12.6. The fourth-order valence-electron chi connectivity index (χ4n) is 2.20. The summed E-state index contributed by atoms with van der Waals surface area (Å²) in [7, 11) is 1.26. The van der Waals surface area contributed by atoms with Crippen LogP contribution >= 0.6 is 16.7 Å². The number of rotatable bonds is 4. The molecule has 0 bridgehead atoms. The van der Waals surface area contributed by atoms with Crippen LogP contribution in [0.3, 0.4) is 0 Å². The molecule has 0 N–H and O–H groups in total. The number of benzene rings is 1. The summed E-state index contributed by atoms with van der Waals surface area (Å²) in [5.41, 5.74) is -0.217. The second kappa shape index (κ2) is 5.47. The van der Waals surface area contributed by atoms with Crippen molar-refractivity contribution in [2.75, 3.05) is 13.2 Å². The Kier molecular flexibility index (Phi) is 4.14. The first-order valence-corrected chi connectivity index (χ1v) is 9.38. The number of hydrogen-bond donors (Lipinski definition) is 0. The normalized spacial score (nSPS) is 24.8. The third kappa shape index (κ3) is 2.35. The smallest absolute Gasteiger partial charge is 0.239 e. The van der Waals surface area contributed by atoms with Gasteiger partial charge in [0, 0.05) is 20.5 Å². The SMILES string of the molecule is CPPN1CC[C@@](C)(C(=O)c2ccccc2)C1=O. The van der Waals surface area contributed by atoms with E-state index in [-0.39, 0.29) is 11.7 Å². The van der Waals surface area contributed by atoms with E-state index in [0.717, 1.165) is 8.27 Å². The Hall–Kier alpha value is -0.780. The average molecular weight is 281 g/mol. The van der Waals surface area contributed by atoms with Gasteiger partial charge in [0.1, 0.15) is 5.41 Å². The van der Waals surface area contributed by atoms with Gasteiger partial charge in [-0.1, -0.05) is 38.6 Å². The van der Waals surface area contributed by atoms with Gasteiger partial charge in [0.25, 0.3) is 0 Å². The minimum Gasteiger partial charge on any atom is -0.320 e. The molecule has 0 spiro atoms. The minimum absolute atomic E-state index is 0.00374. The van der Waals surface area contributed by atoms with Crippen molar-refractivity contribution in [2.45, 2.75) is 13.3 Å². The molecule has 5 heteroatoms. The van der Waals surface area contributed by atoms with E-state index in [1.807, 2.05) is 22.9 Å². The number of carbonyl (C=O) groups is 2. The van der Waals surface area contributed by atoms with E-state index in [2.05, 4.69) is 6.66 Å². The summed E-state index contributed by atoms with van der Waals surface area (Å²) < 4.78 is 1.85. The number of carbonyl (C=O) groups excluding carboxylic acids is 2. The highest BCUT2D eigenvalue weighted by Crippen LogP contribution is 2.46. The topological polar surface area (TPSA) is 37.4 Å². The van der Waals surface area contributed by atoms with Gasteiger partial charge in [-0.2, -0.15) is 0 Å². The molecule has 96 valence electrons. The van der Waals surface area contributed by atoms with Crippen molar-refractivity contribution >= 4 is 28.4 Å². The van der Waals surface area contributed by atoms with Crippen molar-refractivity contribution in [3.8, 4) is 0 Å². The van der Waals surface area contributed by atoms with Gasteiger partial charge < -0.3 is 4.67 Å². The molecular weight excluding hydrogens is 264 g/mol. The molecule has 1 saturated heterocycles. The second-order valence-electron chi connectivity index (χ2n) is 4.60. The minimum atomic E-state index is -0.853. The molecule has 1 aromatic carbocycles. The van der Waals surface area contributed by atoms with E-state index in [0.29, 0.717) is 26.9 Å². The first kappa shape index (κ1) is 13.6. The van der Waals surface area contributed by atoms with Crippen LogP contribution in [-0.4, -0.2) is 29.6 Å². The van der Waals surface area contributed by atoms with E-state index in [1.165, 1.54) is 0 Å². The van der Waals surface area contributed by atoms with Crippen molar-refractivity contribution in [1.29, 1.82) is 0 Å². The summed E-state index contributed by atoms with van der Waals surface area (Å²) in [6, 6.07) is 9.12. The van der Waals surface area contributed by atoms with Gasteiger partial charge in [-0.15, -0.1) is 0 Å². The lowest BCUT2D eigenvalue weighted by atomic mass is 9.81. The zero-order valence-electron chi connectivity index (χ0n) is 10.6. The van der Waals surface area contributed by atoms with Crippen molar-refractivity contribution in [2.24, 2.45) is 5.41 Å². The summed E-state index contributed by atoms with van der Waals surface area (Å²) in [5.74, 6) is -0.0381. The maximum absolute atomic E-state index is 12.5. The van der Waals surface area contributed by atoms with Gasteiger partial charge in [-0.3, -0.25) is 9.59 Å². The van der Waals surface area contributed by atoms with Crippen molar-refractivity contribution in [3.05, 3.63) is 35.9 Å². The Balaban J connectivity index is 2.23. The molecule has 1 aliphatic heterocycles. The molecule has 0 saturated carbocycles. The predicted octanol–water partition coefficient (Wildman–Crippen LogP) is 2.92. The molecule has 3 atom stereocenters. The number of ketones is 1. The molecule has 2 rings (SSSR count). The van der Waals surface area contributed by atoms with Crippen LogP contribution in [0, 0.1) is 5.41 Å². The summed E-state index contributed by atoms with van der Waals surface area (Å²) in [6.45, 7) is 4.58. The quantitative estimate of drug-likeness (QED) is 0.483. The van der Waals surface area contributed by atoms with Crippen LogP contribution in [0.2, 0.25) is 0 Å². The van der Waals surface area contributed by atoms with E-state index in [1.54, 1.807) is 19.1 Å². The Labute approximate surface area is 111 Å². The maximum Gasteiger partial charge on any atom is 0.239 e. The van der Waals surface area contributed by atoms with Crippen LogP contribution in [0.4, 0.5) is 0 Å². The lowest BCUT2D eigenvalue weighted by molar-refractivity contribution is -0.129. The lowest BCUT2D eigenvalue weighted by Crippen LogP contribution is -2.35. The van der Waals surface area contributed by atoms with Gasteiger partial charge in [0.2, 0.25) is 5.91 Å². The van der Waals surface area contributed by atoms with Crippen LogP contribution in [0.15, 0.2) is 30.3 Å². The number of hydrogen-bond acceptors (Lipinski definition) is 2. The zero-order chi connectivity index (χ0) is 13.2. The monoisotopic (exact) mass is 281 g/mol. The van der Waals surface area contributed by atoms with Crippen molar-refractivity contribution in [3.63, 3.8) is 0 Å². The van der Waals surface area contributed by atoms with Crippen molar-refractivity contribution < 1.29 is 9.59 Å². The molecule has 1 amide bonds. The Morgan fingerprint density at radius 2 is 2.00 bits per heavy atom. The standard InChI is InChI=1S/C13H17NO2P2/c1-13(8-9-14(12(13)16)18-17-2)11(15)10-6-4-3-5-7-10/h3-7,17-18H,8-9H2,1-2H3/t13-/m0/s1. The molecule has 0 aliphatic carbocycles. The third-order valence-corrected chi connectivity index (χ3v) is 5.74. The molecule has 1 aliphatic rings. The fraction of sp³-hybridized carbons (Fsp3) is 0.385. The van der Waals surface area contributed by atoms with Crippen LogP contribution < -0.4 is 0 Å². The number of nitrogens with zero attached hydrogens (tertiary/aromatic N) is 1. The molecule has 18 heavy (non-hydrogen) atoms. The van der Waals surface area contributed by atoms with E-state index < -0.39 is 5.41 Å². The summed E-state index contributed by atoms with van der Waals surface area (Å²) >= 11 is 0. The molecule has 2 unspecified atom stereocenters. The first-order chi connectivity index (χ1) is 8.59. The second-order valence-corrected chi connectivity index (χ2v) is 8.03. The summed E-state index contributed by atoms with van der Waals surface area (Å²) in [5, 5.41) is 0. The van der Waals surface area contributed by atoms with Gasteiger partial charge in [0.15, 0.2) is 5.78 Å². The largest absolute Gasteiger partial charge is 0.320 e. The fourth-order valence-corrected chi connectivity index (χ4v) is 4.49. The number of Topliss-reactive ketones (excluding diaryl/α,β-unsaturated/α-hetero) is 1. The number of amides is 1. The van der Waals surface area contributed by atoms with Gasteiger partial charge in [0.05, 0.1) is 0 Å². The van der Waals surface area contributed by atoms with Gasteiger partial charge >= 0.3 is 0 Å². The first-order valence-electron chi connectivity index (χ1n) is 5.94. The highest BCUT2D eigenvalue weighted by Gasteiger charge is 2.48. The highest BCUT2D eigenvalue weighted by atomic mass is 32.0. The lowest BCUT2D eigenvalue weighted by Gasteiger charge is -2.21. The average Bonchev–Trinajstić information content (AvgIpc) is 2.69. The van der Waals surface area contributed by atoms with E-state index in [9.17, 15) is 9.59 Å². The molecule has 3 nitrogen and oxygen atoms in total. The van der Waals surface area contributed by atoms with Crippen LogP contribution in [-0.2, 0) is 4.79 Å². The molecule has 1 heterocycles. The van der Waals surface area contributed by atoms with E-state index in [4.69, 9.17) is 0 Å². The third-order valence-electron chi connectivity index (χ3n) is 3.34. The molecule has 1 fully saturated rings. The maximum atomic E-state index is 12.5. The Bertz CT molecular complexity index is 463. The molecule has 0 aromatic heterocycles. The predicted molar refractivity (Wildman–Crippen MR) is 77.8 cm³/mol. The van der Waals surface area contributed by atoms with E-state index >= 15 is 0 Å². The van der Waals surface area contributed by atoms with Gasteiger partial charge in [-0.05, 0) is 20.0 Å². The van der Waals surface area contributed by atoms with Crippen LogP contribution in [0.1, 0.15) is 23.7 Å². The highest BCUT2D eigenvalue weighted by molar-refractivity contribution is 8.10. The molecular formula is C13H17NO2P2. The van der Waals surface area contributed by atoms with Crippen molar-refractivity contribution in [1.82, 2.24) is 4.67 Å². The van der Waals surface area contributed by atoms with Crippen LogP contribution in [0.25, 0.3) is 0 Å². The Morgan fingerprint density at radius 3 is 2.61 bits per heavy atom. The summed E-state index contributed by atoms with van der Waals surface area (Å²) in [6.07, 6.45) is 0.636. The van der Waals surface area contributed by atoms with Gasteiger partial charge in [-0.25, -0.2) is 0 Å². The summed E-state index contributed by atoms with van der Waals surface area (Å²) in [4.78, 5) is 24.8.